The number of carbonyl (C=O) groups excluding carboxylic acids is 2. The van der Waals surface area contributed by atoms with E-state index in [1.807, 2.05) is 6.07 Å². The quantitative estimate of drug-likeness (QED) is 0.926. The van der Waals surface area contributed by atoms with Crippen molar-refractivity contribution in [1.29, 1.82) is 0 Å². The highest BCUT2D eigenvalue weighted by Crippen LogP contribution is 2.33. The molecule has 1 heterocycles. The standard InChI is InChI=1S/C19H20N2O4/c1-13-19(24)21(15-8-4-6-10-17(15)25-13)12-18(23)20(2)11-14-7-3-5-9-16(14)22/h3-10,13,22H,11-12H2,1-2H3. The van der Waals surface area contributed by atoms with Crippen LogP contribution in [0.25, 0.3) is 0 Å². The lowest BCUT2D eigenvalue weighted by Gasteiger charge is -2.33. The zero-order valence-corrected chi connectivity index (χ0v) is 14.2. The second-order valence-electron chi connectivity index (χ2n) is 6.03. The number of aromatic hydroxyl groups is 1. The van der Waals surface area contributed by atoms with E-state index in [1.165, 1.54) is 9.80 Å². The molecule has 1 aliphatic heterocycles. The molecule has 1 N–H and O–H groups in total. The number of nitrogens with zero attached hydrogens (tertiary/aromatic N) is 2. The molecule has 2 aromatic rings. The largest absolute Gasteiger partial charge is 0.508 e. The fourth-order valence-corrected chi connectivity index (χ4v) is 2.77. The third-order valence-electron chi connectivity index (χ3n) is 4.19. The average molecular weight is 340 g/mol. The van der Waals surface area contributed by atoms with Gasteiger partial charge in [0.2, 0.25) is 5.91 Å². The second-order valence-corrected chi connectivity index (χ2v) is 6.03. The van der Waals surface area contributed by atoms with Gasteiger partial charge in [-0.25, -0.2) is 0 Å². The van der Waals surface area contributed by atoms with Gasteiger partial charge in [-0.3, -0.25) is 14.5 Å². The summed E-state index contributed by atoms with van der Waals surface area (Å²) in [5, 5.41) is 9.85. The molecule has 0 bridgehead atoms. The van der Waals surface area contributed by atoms with Gasteiger partial charge in [0.1, 0.15) is 18.0 Å². The van der Waals surface area contributed by atoms with E-state index in [-0.39, 0.29) is 30.7 Å². The smallest absolute Gasteiger partial charge is 0.268 e. The Morgan fingerprint density at radius 2 is 1.88 bits per heavy atom. The molecular weight excluding hydrogens is 320 g/mol. The highest BCUT2D eigenvalue weighted by Gasteiger charge is 2.33. The number of ether oxygens (including phenoxy) is 1. The van der Waals surface area contributed by atoms with Crippen LogP contribution in [-0.2, 0) is 16.1 Å². The van der Waals surface area contributed by atoms with Gasteiger partial charge in [0.15, 0.2) is 6.10 Å². The van der Waals surface area contributed by atoms with Gasteiger partial charge < -0.3 is 14.7 Å². The third kappa shape index (κ3) is 3.42. The second kappa shape index (κ2) is 6.84. The molecule has 0 saturated carbocycles. The van der Waals surface area contributed by atoms with Crippen molar-refractivity contribution < 1.29 is 19.4 Å². The van der Waals surface area contributed by atoms with Crippen LogP contribution in [0.3, 0.4) is 0 Å². The van der Waals surface area contributed by atoms with E-state index >= 15 is 0 Å². The molecule has 130 valence electrons. The maximum Gasteiger partial charge on any atom is 0.268 e. The van der Waals surface area contributed by atoms with Crippen LogP contribution in [0, 0.1) is 0 Å². The van der Waals surface area contributed by atoms with Crippen LogP contribution in [0.4, 0.5) is 5.69 Å². The first-order valence-electron chi connectivity index (χ1n) is 8.05. The van der Waals surface area contributed by atoms with Crippen LogP contribution in [-0.4, -0.2) is 41.5 Å². The summed E-state index contributed by atoms with van der Waals surface area (Å²) in [6.45, 7) is 1.86. The van der Waals surface area contributed by atoms with Gasteiger partial charge in [0, 0.05) is 19.2 Å². The minimum atomic E-state index is -0.633. The lowest BCUT2D eigenvalue weighted by Crippen LogP contribution is -2.48. The minimum Gasteiger partial charge on any atom is -0.508 e. The zero-order valence-electron chi connectivity index (χ0n) is 14.2. The predicted octanol–water partition coefficient (Wildman–Crippen LogP) is 2.16. The van der Waals surface area contributed by atoms with E-state index in [2.05, 4.69) is 0 Å². The maximum atomic E-state index is 12.6. The van der Waals surface area contributed by atoms with Crippen LogP contribution in [0.2, 0.25) is 0 Å². The highest BCUT2D eigenvalue weighted by atomic mass is 16.5. The van der Waals surface area contributed by atoms with E-state index < -0.39 is 6.10 Å². The molecule has 2 aromatic carbocycles. The van der Waals surface area contributed by atoms with Crippen molar-refractivity contribution in [2.75, 3.05) is 18.5 Å². The van der Waals surface area contributed by atoms with Gasteiger partial charge in [-0.05, 0) is 25.1 Å². The van der Waals surface area contributed by atoms with Crippen molar-refractivity contribution in [3.63, 3.8) is 0 Å². The number of hydrogen-bond donors (Lipinski definition) is 1. The van der Waals surface area contributed by atoms with Crippen LogP contribution in [0.1, 0.15) is 12.5 Å². The molecule has 0 radical (unpaired) electrons. The topological polar surface area (TPSA) is 70.1 Å². The Labute approximate surface area is 146 Å². The van der Waals surface area contributed by atoms with E-state index in [9.17, 15) is 14.7 Å². The summed E-state index contributed by atoms with van der Waals surface area (Å²) < 4.78 is 5.58. The van der Waals surface area contributed by atoms with E-state index in [1.54, 1.807) is 56.4 Å². The number of carbonyl (C=O) groups is 2. The Bertz CT molecular complexity index is 806. The lowest BCUT2D eigenvalue weighted by molar-refractivity contribution is -0.132. The summed E-state index contributed by atoms with van der Waals surface area (Å²) in [5.41, 5.74) is 1.25. The number of phenolic OH excluding ortho intramolecular Hbond substituents is 1. The first kappa shape index (κ1) is 16.8. The molecule has 3 rings (SSSR count). The number of likely N-dealkylation sites (N-methyl/N-ethyl adjacent to an activating group) is 1. The normalized spacial score (nSPS) is 16.2. The van der Waals surface area contributed by atoms with Crippen LogP contribution < -0.4 is 9.64 Å². The molecule has 0 aromatic heterocycles. The fourth-order valence-electron chi connectivity index (χ4n) is 2.77. The highest BCUT2D eigenvalue weighted by molar-refractivity contribution is 6.03. The number of phenols is 1. The number of hydrogen-bond acceptors (Lipinski definition) is 4. The Morgan fingerprint density at radius 3 is 2.64 bits per heavy atom. The number of rotatable bonds is 4. The third-order valence-corrected chi connectivity index (χ3v) is 4.19. The summed E-state index contributed by atoms with van der Waals surface area (Å²) in [4.78, 5) is 28.0. The molecule has 6 nitrogen and oxygen atoms in total. The molecule has 1 aliphatic rings. The molecule has 0 aliphatic carbocycles. The lowest BCUT2D eigenvalue weighted by atomic mass is 10.1. The van der Waals surface area contributed by atoms with Crippen LogP contribution >= 0.6 is 0 Å². The van der Waals surface area contributed by atoms with Crippen molar-refractivity contribution in [3.05, 3.63) is 54.1 Å². The Kier molecular flexibility index (Phi) is 4.61. The van der Waals surface area contributed by atoms with Gasteiger partial charge in [-0.1, -0.05) is 30.3 Å². The number of anilines is 1. The molecule has 0 saturated heterocycles. The number of amides is 2. The summed E-state index contributed by atoms with van der Waals surface area (Å²) in [6, 6.07) is 14.0. The Hall–Kier alpha value is -3.02. The minimum absolute atomic E-state index is 0.0758. The summed E-state index contributed by atoms with van der Waals surface area (Å²) >= 11 is 0. The number of para-hydroxylation sites is 3. The van der Waals surface area contributed by atoms with E-state index in [0.29, 0.717) is 17.0 Å². The van der Waals surface area contributed by atoms with Gasteiger partial charge in [-0.15, -0.1) is 0 Å². The molecule has 0 spiro atoms. The summed E-state index contributed by atoms with van der Waals surface area (Å²) in [7, 11) is 1.65. The van der Waals surface area contributed by atoms with Crippen LogP contribution in [0.15, 0.2) is 48.5 Å². The summed E-state index contributed by atoms with van der Waals surface area (Å²) in [6.07, 6.45) is -0.633. The Morgan fingerprint density at radius 1 is 1.20 bits per heavy atom. The van der Waals surface area contributed by atoms with E-state index in [4.69, 9.17) is 4.74 Å². The summed E-state index contributed by atoms with van der Waals surface area (Å²) in [5.74, 6) is 0.262. The fraction of sp³-hybridized carbons (Fsp3) is 0.263. The average Bonchev–Trinajstić information content (AvgIpc) is 2.60. The number of benzene rings is 2. The maximum absolute atomic E-state index is 12.6. The van der Waals surface area contributed by atoms with Crippen LogP contribution in [0.5, 0.6) is 11.5 Å². The Balaban J connectivity index is 1.76. The first-order valence-corrected chi connectivity index (χ1v) is 8.05. The SMILES string of the molecule is CC1Oc2ccccc2N(CC(=O)N(C)Cc2ccccc2O)C1=O. The van der Waals surface area contributed by atoms with Crippen molar-refractivity contribution in [3.8, 4) is 11.5 Å². The predicted molar refractivity (Wildman–Crippen MR) is 93.5 cm³/mol. The van der Waals surface area contributed by atoms with Gasteiger partial charge in [0.05, 0.1) is 5.69 Å². The molecule has 0 fully saturated rings. The van der Waals surface area contributed by atoms with Gasteiger partial charge in [-0.2, -0.15) is 0 Å². The van der Waals surface area contributed by atoms with Gasteiger partial charge in [0.25, 0.3) is 5.91 Å². The zero-order chi connectivity index (χ0) is 18.0. The number of fused-ring (bicyclic) bond motifs is 1. The van der Waals surface area contributed by atoms with Gasteiger partial charge >= 0.3 is 0 Å². The molecular formula is C19H20N2O4. The van der Waals surface area contributed by atoms with Crippen molar-refractivity contribution >= 4 is 17.5 Å². The van der Waals surface area contributed by atoms with Crippen molar-refractivity contribution in [2.45, 2.75) is 19.6 Å². The molecule has 6 heteroatoms. The van der Waals surface area contributed by atoms with E-state index in [0.717, 1.165) is 0 Å². The molecule has 1 unspecified atom stereocenters. The van der Waals surface area contributed by atoms with Crippen molar-refractivity contribution in [1.82, 2.24) is 4.90 Å². The first-order chi connectivity index (χ1) is 12.0. The monoisotopic (exact) mass is 340 g/mol. The molecule has 25 heavy (non-hydrogen) atoms. The van der Waals surface area contributed by atoms with Crippen molar-refractivity contribution in [2.24, 2.45) is 0 Å². The molecule has 1 atom stereocenters. The molecule has 2 amide bonds.